The summed E-state index contributed by atoms with van der Waals surface area (Å²) in [4.78, 5) is 15.6. The zero-order chi connectivity index (χ0) is 19.9. The summed E-state index contributed by atoms with van der Waals surface area (Å²) < 4.78 is 12.1. The molecule has 0 aliphatic heterocycles. The van der Waals surface area contributed by atoms with Crippen molar-refractivity contribution in [1.82, 2.24) is 4.98 Å². The quantitative estimate of drug-likeness (QED) is 0.537. The maximum atomic E-state index is 11.6. The van der Waals surface area contributed by atoms with Gasteiger partial charge >= 0.3 is 5.97 Å². The average molecular weight is 442 g/mol. The van der Waals surface area contributed by atoms with Gasteiger partial charge in [-0.1, -0.05) is 46.3 Å². The summed E-state index contributed by atoms with van der Waals surface area (Å²) in [6, 6.07) is 17.5. The molecule has 0 radical (unpaired) electrons. The van der Waals surface area contributed by atoms with Gasteiger partial charge in [0.15, 0.2) is 0 Å². The third-order valence-corrected chi connectivity index (χ3v) is 4.83. The standard InChI is InChI=1S/C22H20BrNO4/c1-27-21-20(22(25)26)16(11-12-24-21)7-8-17-13-18(23)9-10-19(17)28-14-15-5-3-2-4-6-15/h2-6,9-13H,7-8,14H2,1H3,(H,25,26). The molecule has 0 saturated heterocycles. The molecule has 28 heavy (non-hydrogen) atoms. The normalized spacial score (nSPS) is 10.5. The van der Waals surface area contributed by atoms with E-state index < -0.39 is 5.97 Å². The van der Waals surface area contributed by atoms with E-state index >= 15 is 0 Å². The average Bonchev–Trinajstić information content (AvgIpc) is 2.71. The van der Waals surface area contributed by atoms with Crippen LogP contribution in [0.5, 0.6) is 11.6 Å². The minimum atomic E-state index is -1.05. The number of carboxylic acids is 1. The number of rotatable bonds is 8. The van der Waals surface area contributed by atoms with E-state index in [2.05, 4.69) is 20.9 Å². The van der Waals surface area contributed by atoms with E-state index in [9.17, 15) is 9.90 Å². The maximum Gasteiger partial charge on any atom is 0.341 e. The van der Waals surface area contributed by atoms with Crippen molar-refractivity contribution in [1.29, 1.82) is 0 Å². The monoisotopic (exact) mass is 441 g/mol. The molecule has 6 heteroatoms. The maximum absolute atomic E-state index is 11.6. The Morgan fingerprint density at radius 2 is 1.82 bits per heavy atom. The van der Waals surface area contributed by atoms with Crippen LogP contribution in [0.3, 0.4) is 0 Å². The van der Waals surface area contributed by atoms with Crippen molar-refractivity contribution in [3.8, 4) is 11.6 Å². The first-order chi connectivity index (χ1) is 13.6. The van der Waals surface area contributed by atoms with Crippen LogP contribution in [-0.4, -0.2) is 23.2 Å². The predicted molar refractivity (Wildman–Crippen MR) is 110 cm³/mol. The van der Waals surface area contributed by atoms with Gasteiger partial charge in [0.1, 0.15) is 17.9 Å². The molecule has 0 saturated carbocycles. The third kappa shape index (κ3) is 4.89. The summed E-state index contributed by atoms with van der Waals surface area (Å²) in [6.45, 7) is 0.471. The molecule has 1 aromatic heterocycles. The molecule has 5 nitrogen and oxygen atoms in total. The van der Waals surface area contributed by atoms with Crippen molar-refractivity contribution < 1.29 is 19.4 Å². The summed E-state index contributed by atoms with van der Waals surface area (Å²) in [5, 5.41) is 9.53. The fourth-order valence-electron chi connectivity index (χ4n) is 2.96. The molecule has 3 aromatic rings. The van der Waals surface area contributed by atoms with Crippen LogP contribution in [0.1, 0.15) is 27.0 Å². The van der Waals surface area contributed by atoms with Crippen LogP contribution in [-0.2, 0) is 19.4 Å². The van der Waals surface area contributed by atoms with E-state index in [1.807, 2.05) is 48.5 Å². The van der Waals surface area contributed by atoms with E-state index in [1.54, 1.807) is 12.3 Å². The number of aryl methyl sites for hydroxylation is 2. The largest absolute Gasteiger partial charge is 0.489 e. The lowest BCUT2D eigenvalue weighted by Gasteiger charge is -2.14. The Morgan fingerprint density at radius 3 is 2.54 bits per heavy atom. The van der Waals surface area contributed by atoms with Crippen LogP contribution in [0.15, 0.2) is 65.3 Å². The Labute approximate surface area is 172 Å². The lowest BCUT2D eigenvalue weighted by molar-refractivity contribution is 0.0691. The van der Waals surface area contributed by atoms with Crippen LogP contribution in [0.2, 0.25) is 0 Å². The second-order valence-corrected chi connectivity index (χ2v) is 7.10. The molecule has 0 aliphatic carbocycles. The second-order valence-electron chi connectivity index (χ2n) is 6.19. The van der Waals surface area contributed by atoms with Gasteiger partial charge in [-0.15, -0.1) is 0 Å². The highest BCUT2D eigenvalue weighted by Crippen LogP contribution is 2.27. The zero-order valence-electron chi connectivity index (χ0n) is 15.4. The van der Waals surface area contributed by atoms with E-state index in [0.29, 0.717) is 25.0 Å². The molecular weight excluding hydrogens is 422 g/mol. The molecule has 0 spiro atoms. The Morgan fingerprint density at radius 1 is 1.07 bits per heavy atom. The summed E-state index contributed by atoms with van der Waals surface area (Å²) >= 11 is 3.50. The molecule has 0 fully saturated rings. The molecule has 1 N–H and O–H groups in total. The highest BCUT2D eigenvalue weighted by atomic mass is 79.9. The number of methoxy groups -OCH3 is 1. The fourth-order valence-corrected chi connectivity index (χ4v) is 3.37. The lowest BCUT2D eigenvalue weighted by atomic mass is 10.0. The molecule has 0 unspecified atom stereocenters. The van der Waals surface area contributed by atoms with Crippen molar-refractivity contribution in [2.75, 3.05) is 7.11 Å². The van der Waals surface area contributed by atoms with Crippen LogP contribution >= 0.6 is 15.9 Å². The number of pyridine rings is 1. The number of benzene rings is 2. The Hall–Kier alpha value is -2.86. The molecule has 3 rings (SSSR count). The van der Waals surface area contributed by atoms with Crippen molar-refractivity contribution in [3.63, 3.8) is 0 Å². The molecule has 2 aromatic carbocycles. The minimum absolute atomic E-state index is 0.103. The summed E-state index contributed by atoms with van der Waals surface area (Å²) in [7, 11) is 1.42. The second kappa shape index (κ2) is 9.37. The number of ether oxygens (including phenoxy) is 2. The SMILES string of the molecule is COc1nccc(CCc2cc(Br)ccc2OCc2ccccc2)c1C(=O)O. The molecular formula is C22H20BrNO4. The zero-order valence-corrected chi connectivity index (χ0v) is 17.0. The number of carbonyl (C=O) groups is 1. The first-order valence-corrected chi connectivity index (χ1v) is 9.58. The van der Waals surface area contributed by atoms with Gasteiger partial charge in [-0.3, -0.25) is 0 Å². The van der Waals surface area contributed by atoms with Crippen molar-refractivity contribution in [3.05, 3.63) is 87.5 Å². The molecule has 144 valence electrons. The number of hydrogen-bond donors (Lipinski definition) is 1. The van der Waals surface area contributed by atoms with E-state index in [0.717, 1.165) is 21.3 Å². The molecule has 0 amide bonds. The van der Waals surface area contributed by atoms with Crippen molar-refractivity contribution >= 4 is 21.9 Å². The third-order valence-electron chi connectivity index (χ3n) is 4.33. The van der Waals surface area contributed by atoms with Gasteiger partial charge in [0.2, 0.25) is 5.88 Å². The van der Waals surface area contributed by atoms with Gasteiger partial charge in [-0.05, 0) is 53.8 Å². The first-order valence-electron chi connectivity index (χ1n) is 8.79. The Kier molecular flexibility index (Phi) is 6.66. The number of halogens is 1. The fraction of sp³-hybridized carbons (Fsp3) is 0.182. The number of hydrogen-bond acceptors (Lipinski definition) is 4. The highest BCUT2D eigenvalue weighted by Gasteiger charge is 2.18. The van der Waals surface area contributed by atoms with Crippen molar-refractivity contribution in [2.45, 2.75) is 19.4 Å². The van der Waals surface area contributed by atoms with Gasteiger partial charge in [0, 0.05) is 10.7 Å². The lowest BCUT2D eigenvalue weighted by Crippen LogP contribution is -2.08. The Balaban J connectivity index is 1.79. The van der Waals surface area contributed by atoms with Gasteiger partial charge in [-0.25, -0.2) is 9.78 Å². The van der Waals surface area contributed by atoms with Gasteiger partial charge in [0.25, 0.3) is 0 Å². The number of carboxylic acid groups (broad SMARTS) is 1. The van der Waals surface area contributed by atoms with Crippen LogP contribution in [0, 0.1) is 0 Å². The number of aromatic nitrogens is 1. The summed E-state index contributed by atoms with van der Waals surface area (Å²) in [6.07, 6.45) is 2.71. The number of aromatic carboxylic acids is 1. The van der Waals surface area contributed by atoms with Gasteiger partial charge < -0.3 is 14.6 Å². The van der Waals surface area contributed by atoms with Gasteiger partial charge in [-0.2, -0.15) is 0 Å². The highest BCUT2D eigenvalue weighted by molar-refractivity contribution is 9.10. The molecule has 1 heterocycles. The first kappa shape index (κ1) is 19.9. The topological polar surface area (TPSA) is 68.7 Å². The summed E-state index contributed by atoms with van der Waals surface area (Å²) in [5.74, 6) is -0.139. The smallest absolute Gasteiger partial charge is 0.341 e. The van der Waals surface area contributed by atoms with Crippen LogP contribution in [0.25, 0.3) is 0 Å². The van der Waals surface area contributed by atoms with Crippen LogP contribution in [0.4, 0.5) is 0 Å². The Bertz CT molecular complexity index is 960. The number of nitrogens with zero attached hydrogens (tertiary/aromatic N) is 1. The van der Waals surface area contributed by atoms with Gasteiger partial charge in [0.05, 0.1) is 7.11 Å². The van der Waals surface area contributed by atoms with Crippen LogP contribution < -0.4 is 9.47 Å². The molecule has 0 bridgehead atoms. The van der Waals surface area contributed by atoms with E-state index in [4.69, 9.17) is 9.47 Å². The molecule has 0 aliphatic rings. The van der Waals surface area contributed by atoms with Crippen molar-refractivity contribution in [2.24, 2.45) is 0 Å². The van der Waals surface area contributed by atoms with E-state index in [1.165, 1.54) is 7.11 Å². The van der Waals surface area contributed by atoms with E-state index in [-0.39, 0.29) is 11.4 Å². The molecule has 0 atom stereocenters. The predicted octanol–water partition coefficient (Wildman–Crippen LogP) is 4.92. The summed E-state index contributed by atoms with van der Waals surface area (Å²) in [5.41, 5.74) is 2.86. The minimum Gasteiger partial charge on any atom is -0.489 e.